The van der Waals surface area contributed by atoms with Crippen LogP contribution in [-0.2, 0) is 24.2 Å². The summed E-state index contributed by atoms with van der Waals surface area (Å²) in [4.78, 5) is 10.6. The molecule has 0 amide bonds. The van der Waals surface area contributed by atoms with Crippen molar-refractivity contribution in [3.63, 3.8) is 0 Å². The molecular weight excluding hydrogens is 441 g/mol. The maximum absolute atomic E-state index is 13.7. The summed E-state index contributed by atoms with van der Waals surface area (Å²) in [5.74, 6) is 0.657. The van der Waals surface area contributed by atoms with Crippen molar-refractivity contribution in [3.05, 3.63) is 114 Å². The molecule has 0 fully saturated rings. The van der Waals surface area contributed by atoms with E-state index in [1.165, 1.54) is 23.5 Å². The molecule has 3 aromatic carbocycles. The Bertz CT molecular complexity index is 1270. The number of ether oxygens (including phenoxy) is 2. The van der Waals surface area contributed by atoms with Crippen molar-refractivity contribution in [1.82, 2.24) is 14.9 Å². The van der Waals surface area contributed by atoms with Gasteiger partial charge in [0.1, 0.15) is 24.5 Å². The molecule has 0 radical (unpaired) electrons. The van der Waals surface area contributed by atoms with Crippen LogP contribution in [0.15, 0.2) is 85.5 Å². The number of nitrogens with zero attached hydrogens (tertiary/aromatic N) is 3. The SMILES string of the molecule is Fc1cccc(CN2CCOCCOc3ccc(-c4cncnc4)cc3Cc3cccc(c3)C2)c1. The van der Waals surface area contributed by atoms with E-state index in [9.17, 15) is 4.39 Å². The van der Waals surface area contributed by atoms with Crippen LogP contribution in [0.25, 0.3) is 11.1 Å². The predicted molar refractivity (Wildman–Crippen MR) is 134 cm³/mol. The van der Waals surface area contributed by atoms with Crippen LogP contribution >= 0.6 is 0 Å². The summed E-state index contributed by atoms with van der Waals surface area (Å²) < 4.78 is 25.7. The van der Waals surface area contributed by atoms with Gasteiger partial charge in [0.05, 0.1) is 13.2 Å². The lowest BCUT2D eigenvalue weighted by Crippen LogP contribution is -2.27. The Morgan fingerprint density at radius 1 is 0.829 bits per heavy atom. The van der Waals surface area contributed by atoms with Gasteiger partial charge < -0.3 is 9.47 Å². The number of benzene rings is 3. The molecule has 0 aliphatic carbocycles. The first-order valence-corrected chi connectivity index (χ1v) is 11.9. The van der Waals surface area contributed by atoms with Gasteiger partial charge in [-0.3, -0.25) is 4.90 Å². The zero-order valence-corrected chi connectivity index (χ0v) is 19.6. The number of halogens is 1. The van der Waals surface area contributed by atoms with Gasteiger partial charge in [0, 0.05) is 44.0 Å². The second kappa shape index (κ2) is 11.2. The van der Waals surface area contributed by atoms with Gasteiger partial charge in [0.15, 0.2) is 0 Å². The monoisotopic (exact) mass is 469 g/mol. The highest BCUT2D eigenvalue weighted by molar-refractivity contribution is 5.64. The smallest absolute Gasteiger partial charge is 0.123 e. The number of hydrogen-bond acceptors (Lipinski definition) is 5. The van der Waals surface area contributed by atoms with E-state index in [4.69, 9.17) is 9.47 Å². The summed E-state index contributed by atoms with van der Waals surface area (Å²) in [6, 6.07) is 21.7. The highest BCUT2D eigenvalue weighted by atomic mass is 19.1. The lowest BCUT2D eigenvalue weighted by Gasteiger charge is -2.23. The Labute approximate surface area is 205 Å². The summed E-state index contributed by atoms with van der Waals surface area (Å²) in [6.45, 7) is 3.74. The van der Waals surface area contributed by atoms with Gasteiger partial charge >= 0.3 is 0 Å². The van der Waals surface area contributed by atoms with E-state index < -0.39 is 0 Å². The Balaban J connectivity index is 1.42. The fourth-order valence-corrected chi connectivity index (χ4v) is 4.42. The summed E-state index contributed by atoms with van der Waals surface area (Å²) in [6.07, 6.45) is 5.92. The van der Waals surface area contributed by atoms with Crippen molar-refractivity contribution in [2.45, 2.75) is 19.5 Å². The molecule has 0 unspecified atom stereocenters. The molecule has 1 aliphatic rings. The van der Waals surface area contributed by atoms with Crippen molar-refractivity contribution in [2.75, 3.05) is 26.4 Å². The van der Waals surface area contributed by atoms with Crippen LogP contribution in [0, 0.1) is 5.82 Å². The lowest BCUT2D eigenvalue weighted by atomic mass is 9.98. The van der Waals surface area contributed by atoms with Gasteiger partial charge in [-0.15, -0.1) is 0 Å². The molecule has 0 spiro atoms. The minimum absolute atomic E-state index is 0.208. The Morgan fingerprint density at radius 2 is 1.69 bits per heavy atom. The van der Waals surface area contributed by atoms with E-state index in [2.05, 4.69) is 45.2 Å². The second-order valence-electron chi connectivity index (χ2n) is 8.75. The normalized spacial score (nSPS) is 15.0. The first-order chi connectivity index (χ1) is 17.2. The van der Waals surface area contributed by atoms with Crippen LogP contribution < -0.4 is 4.74 Å². The molecular formula is C29H28FN3O2. The van der Waals surface area contributed by atoms with Crippen LogP contribution in [-0.4, -0.2) is 41.2 Å². The summed E-state index contributed by atoms with van der Waals surface area (Å²) in [5, 5.41) is 0. The van der Waals surface area contributed by atoms with E-state index in [0.29, 0.717) is 26.4 Å². The molecule has 1 aliphatic heterocycles. The van der Waals surface area contributed by atoms with Crippen LogP contribution in [0.4, 0.5) is 4.39 Å². The Morgan fingerprint density at radius 3 is 2.57 bits per heavy atom. The van der Waals surface area contributed by atoms with Crippen molar-refractivity contribution in [3.8, 4) is 16.9 Å². The van der Waals surface area contributed by atoms with Crippen LogP contribution in [0.2, 0.25) is 0 Å². The van der Waals surface area contributed by atoms with E-state index >= 15 is 0 Å². The number of fused-ring (bicyclic) bond motifs is 3. The van der Waals surface area contributed by atoms with Crippen LogP contribution in [0.5, 0.6) is 5.75 Å². The van der Waals surface area contributed by atoms with Crippen molar-refractivity contribution >= 4 is 0 Å². The quantitative estimate of drug-likeness (QED) is 0.408. The molecule has 5 nitrogen and oxygen atoms in total. The molecule has 0 atom stereocenters. The Kier molecular flexibility index (Phi) is 7.41. The standard InChI is InChI=1S/C29H28FN3O2/c30-28-6-2-5-24(15-28)20-33-9-10-34-11-12-35-29-8-7-25(27-17-31-21-32-18-27)16-26(29)14-22-3-1-4-23(13-22)19-33/h1-8,13,15-18,21H,9-12,14,19-20H2. The number of rotatable bonds is 3. The third-order valence-electron chi connectivity index (χ3n) is 6.08. The summed E-state index contributed by atoms with van der Waals surface area (Å²) >= 11 is 0. The molecule has 35 heavy (non-hydrogen) atoms. The molecule has 2 heterocycles. The molecule has 5 rings (SSSR count). The topological polar surface area (TPSA) is 47.5 Å². The predicted octanol–water partition coefficient (Wildman–Crippen LogP) is 5.28. The zero-order valence-electron chi connectivity index (χ0n) is 19.6. The van der Waals surface area contributed by atoms with Gasteiger partial charge in [-0.1, -0.05) is 42.5 Å². The Hall–Kier alpha value is -3.61. The number of aromatic nitrogens is 2. The fourth-order valence-electron chi connectivity index (χ4n) is 4.42. The van der Waals surface area contributed by atoms with Gasteiger partial charge in [0.25, 0.3) is 0 Å². The fraction of sp³-hybridized carbons (Fsp3) is 0.241. The average molecular weight is 470 g/mol. The van der Waals surface area contributed by atoms with E-state index in [-0.39, 0.29) is 5.82 Å². The molecule has 0 saturated heterocycles. The van der Waals surface area contributed by atoms with Crippen LogP contribution in [0.3, 0.4) is 0 Å². The molecule has 1 aromatic heterocycles. The van der Waals surface area contributed by atoms with Gasteiger partial charge in [-0.05, 0) is 52.1 Å². The van der Waals surface area contributed by atoms with Crippen molar-refractivity contribution in [1.29, 1.82) is 0 Å². The minimum atomic E-state index is -0.208. The largest absolute Gasteiger partial charge is 0.491 e. The van der Waals surface area contributed by atoms with Gasteiger partial charge in [-0.2, -0.15) is 0 Å². The van der Waals surface area contributed by atoms with Crippen molar-refractivity contribution in [2.24, 2.45) is 0 Å². The molecule has 0 N–H and O–H groups in total. The third-order valence-corrected chi connectivity index (χ3v) is 6.08. The van der Waals surface area contributed by atoms with E-state index in [0.717, 1.165) is 47.5 Å². The van der Waals surface area contributed by atoms with Gasteiger partial charge in [-0.25, -0.2) is 14.4 Å². The van der Waals surface area contributed by atoms with Crippen molar-refractivity contribution < 1.29 is 13.9 Å². The molecule has 2 bridgehead atoms. The zero-order chi connectivity index (χ0) is 23.9. The summed E-state index contributed by atoms with van der Waals surface area (Å²) in [7, 11) is 0. The molecule has 4 aromatic rings. The van der Waals surface area contributed by atoms with Crippen LogP contribution in [0.1, 0.15) is 22.3 Å². The molecule has 0 saturated carbocycles. The second-order valence-corrected chi connectivity index (χ2v) is 8.75. The average Bonchev–Trinajstić information content (AvgIpc) is 2.87. The third kappa shape index (κ3) is 6.29. The van der Waals surface area contributed by atoms with E-state index in [1.807, 2.05) is 30.6 Å². The molecule has 178 valence electrons. The van der Waals surface area contributed by atoms with E-state index in [1.54, 1.807) is 12.1 Å². The first kappa shape index (κ1) is 23.1. The lowest BCUT2D eigenvalue weighted by molar-refractivity contribution is 0.0757. The first-order valence-electron chi connectivity index (χ1n) is 11.9. The summed E-state index contributed by atoms with van der Waals surface area (Å²) in [5.41, 5.74) is 6.52. The minimum Gasteiger partial charge on any atom is -0.491 e. The van der Waals surface area contributed by atoms with Gasteiger partial charge in [0.2, 0.25) is 0 Å². The highest BCUT2D eigenvalue weighted by Crippen LogP contribution is 2.28. The number of hydrogen-bond donors (Lipinski definition) is 0. The maximum atomic E-state index is 13.7. The highest BCUT2D eigenvalue weighted by Gasteiger charge is 2.12. The maximum Gasteiger partial charge on any atom is 0.123 e. The molecule has 6 heteroatoms.